The third-order valence-corrected chi connectivity index (χ3v) is 8.93. The van der Waals surface area contributed by atoms with Crippen LogP contribution in [0.5, 0.6) is 0 Å². The van der Waals surface area contributed by atoms with Crippen molar-refractivity contribution >= 4 is 11.9 Å². The lowest BCUT2D eigenvalue weighted by Crippen LogP contribution is -2.73. The fourth-order valence-electron chi connectivity index (χ4n) is 7.20. The lowest BCUT2D eigenvalue weighted by Gasteiger charge is -2.62. The van der Waals surface area contributed by atoms with Gasteiger partial charge in [-0.1, -0.05) is 32.0 Å². The fraction of sp³-hybridized carbons (Fsp3) is 0.586. The Morgan fingerprint density at radius 3 is 2.38 bits per heavy atom. The van der Waals surface area contributed by atoms with E-state index in [0.717, 1.165) is 6.42 Å². The van der Waals surface area contributed by atoms with E-state index >= 15 is 0 Å². The first-order valence-electron chi connectivity index (χ1n) is 13.0. The molecule has 3 aliphatic rings. The van der Waals surface area contributed by atoms with Gasteiger partial charge in [-0.05, 0) is 70.2 Å². The van der Waals surface area contributed by atoms with E-state index in [-0.39, 0.29) is 17.6 Å². The quantitative estimate of drug-likeness (QED) is 0.437. The normalized spacial score (nSPS) is 36.9. The van der Waals surface area contributed by atoms with Gasteiger partial charge in [0.1, 0.15) is 17.8 Å². The van der Waals surface area contributed by atoms with Crippen LogP contribution in [0.4, 0.5) is 0 Å². The molecule has 8 nitrogen and oxygen atoms in total. The maximum Gasteiger partial charge on any atom is 0.374 e. The molecule has 2 bridgehead atoms. The van der Waals surface area contributed by atoms with Crippen LogP contribution in [0.2, 0.25) is 0 Å². The molecule has 2 heterocycles. The Morgan fingerprint density at radius 2 is 1.73 bits per heavy atom. The fourth-order valence-corrected chi connectivity index (χ4v) is 7.20. The van der Waals surface area contributed by atoms with Crippen molar-refractivity contribution < 1.29 is 38.1 Å². The Kier molecular flexibility index (Phi) is 6.49. The number of benzene rings is 1. The highest BCUT2D eigenvalue weighted by Gasteiger charge is 2.78. The van der Waals surface area contributed by atoms with Crippen LogP contribution >= 0.6 is 0 Å². The number of ether oxygens (including phenoxy) is 4. The number of aliphatic hydroxyl groups excluding tert-OH is 1. The molecule has 0 radical (unpaired) electrons. The van der Waals surface area contributed by atoms with Gasteiger partial charge < -0.3 is 28.5 Å². The number of rotatable bonds is 6. The predicted molar refractivity (Wildman–Crippen MR) is 133 cm³/mol. The molecule has 37 heavy (non-hydrogen) atoms. The van der Waals surface area contributed by atoms with Crippen molar-refractivity contribution in [3.05, 3.63) is 60.1 Å². The minimum atomic E-state index is -1.03. The molecule has 1 unspecified atom stereocenters. The van der Waals surface area contributed by atoms with Crippen LogP contribution in [0.25, 0.3) is 0 Å². The SMILES string of the molecule is CC(O)O[C@H]1CC[C@@H](C)[C@]23OC(C)(C)[C@H](C[C@H](OC(=O)c4ccccc4)[C@]12C)[C@H]3OC(=O)c1ccco1. The summed E-state index contributed by atoms with van der Waals surface area (Å²) < 4.78 is 30.9. The summed E-state index contributed by atoms with van der Waals surface area (Å²) in [5.74, 6) is -1.18. The molecule has 200 valence electrons. The maximum atomic E-state index is 13.3. The van der Waals surface area contributed by atoms with E-state index in [0.29, 0.717) is 18.4 Å². The Hall–Kier alpha value is -2.68. The number of carbonyl (C=O) groups excluding carboxylic acids is 2. The number of furan rings is 1. The highest BCUT2D eigenvalue weighted by Crippen LogP contribution is 2.67. The summed E-state index contributed by atoms with van der Waals surface area (Å²) in [5.41, 5.74) is -2.17. The lowest BCUT2D eigenvalue weighted by molar-refractivity contribution is -0.303. The van der Waals surface area contributed by atoms with Crippen molar-refractivity contribution in [1.82, 2.24) is 0 Å². The molecule has 1 N–H and O–H groups in total. The van der Waals surface area contributed by atoms with Crippen LogP contribution in [-0.2, 0) is 18.9 Å². The second-order valence-electron chi connectivity index (χ2n) is 11.4. The third kappa shape index (κ3) is 4.01. The largest absolute Gasteiger partial charge is 0.458 e. The first-order valence-corrected chi connectivity index (χ1v) is 13.0. The predicted octanol–water partition coefficient (Wildman–Crippen LogP) is 4.76. The van der Waals surface area contributed by atoms with Gasteiger partial charge in [-0.15, -0.1) is 0 Å². The van der Waals surface area contributed by atoms with E-state index in [1.807, 2.05) is 26.8 Å². The van der Waals surface area contributed by atoms with Gasteiger partial charge in [0.15, 0.2) is 6.29 Å². The number of carbonyl (C=O) groups is 2. The van der Waals surface area contributed by atoms with Gasteiger partial charge in [0.25, 0.3) is 0 Å². The molecule has 2 saturated carbocycles. The van der Waals surface area contributed by atoms with Crippen LogP contribution in [0, 0.1) is 17.3 Å². The van der Waals surface area contributed by atoms with Crippen molar-refractivity contribution in [2.75, 3.05) is 0 Å². The van der Waals surface area contributed by atoms with Crippen molar-refractivity contribution in [3.63, 3.8) is 0 Å². The zero-order valence-corrected chi connectivity index (χ0v) is 22.0. The summed E-state index contributed by atoms with van der Waals surface area (Å²) in [7, 11) is 0. The summed E-state index contributed by atoms with van der Waals surface area (Å²) in [6.45, 7) is 9.63. The van der Waals surface area contributed by atoms with Crippen molar-refractivity contribution in [2.45, 2.75) is 89.7 Å². The van der Waals surface area contributed by atoms with Crippen molar-refractivity contribution in [2.24, 2.45) is 17.3 Å². The van der Waals surface area contributed by atoms with Crippen LogP contribution in [-0.4, -0.2) is 52.8 Å². The van der Waals surface area contributed by atoms with Crippen molar-refractivity contribution in [3.8, 4) is 0 Å². The van der Waals surface area contributed by atoms with Crippen LogP contribution in [0.1, 0.15) is 74.8 Å². The highest BCUT2D eigenvalue weighted by molar-refractivity contribution is 5.89. The van der Waals surface area contributed by atoms with E-state index in [2.05, 4.69) is 6.92 Å². The summed E-state index contributed by atoms with van der Waals surface area (Å²) in [6.07, 6.45) is 0.437. The number of hydrogen-bond acceptors (Lipinski definition) is 8. The molecule has 8 atom stereocenters. The van der Waals surface area contributed by atoms with Gasteiger partial charge in [0.05, 0.1) is 28.9 Å². The van der Waals surface area contributed by atoms with Gasteiger partial charge in [-0.2, -0.15) is 0 Å². The maximum absolute atomic E-state index is 13.3. The number of fused-ring (bicyclic) bond motifs is 1. The molecular weight excluding hydrogens is 476 g/mol. The summed E-state index contributed by atoms with van der Waals surface area (Å²) in [5, 5.41) is 10.3. The first kappa shape index (κ1) is 25.9. The molecule has 5 rings (SSSR count). The molecule has 0 amide bonds. The monoisotopic (exact) mass is 512 g/mol. The molecule has 1 aliphatic heterocycles. The van der Waals surface area contributed by atoms with E-state index in [1.54, 1.807) is 43.3 Å². The molecule has 1 saturated heterocycles. The smallest absolute Gasteiger partial charge is 0.374 e. The minimum Gasteiger partial charge on any atom is -0.458 e. The van der Waals surface area contributed by atoms with Gasteiger partial charge in [-0.25, -0.2) is 9.59 Å². The molecule has 1 aromatic carbocycles. The zero-order chi connectivity index (χ0) is 26.6. The molecule has 1 spiro atoms. The standard InChI is InChI=1S/C29H36O8/c1-17-13-14-22(34-18(2)30)28(5)23(35-25(31)19-10-7-6-8-11-19)16-20-24(29(17,28)37-27(20,3)4)36-26(32)21-12-9-15-33-21/h6-12,15,17-18,20,22-24,30H,13-14,16H2,1-5H3/t17-,18?,20-,22+,23+,24-,28+,29-/m1/s1. The van der Waals surface area contributed by atoms with Crippen LogP contribution < -0.4 is 0 Å². The van der Waals surface area contributed by atoms with E-state index in [4.69, 9.17) is 23.4 Å². The van der Waals surface area contributed by atoms with Crippen LogP contribution in [0.15, 0.2) is 53.1 Å². The zero-order valence-electron chi connectivity index (χ0n) is 22.0. The van der Waals surface area contributed by atoms with Gasteiger partial charge in [0.2, 0.25) is 5.76 Å². The number of aliphatic hydroxyl groups is 1. The summed E-state index contributed by atoms with van der Waals surface area (Å²) in [4.78, 5) is 26.5. The Balaban J connectivity index is 1.60. The summed E-state index contributed by atoms with van der Waals surface area (Å²) >= 11 is 0. The third-order valence-electron chi connectivity index (χ3n) is 8.93. The molecular formula is C29H36O8. The second kappa shape index (κ2) is 9.26. The lowest BCUT2D eigenvalue weighted by atomic mass is 9.49. The molecule has 8 heteroatoms. The van der Waals surface area contributed by atoms with Crippen LogP contribution in [0.3, 0.4) is 0 Å². The molecule has 1 aromatic heterocycles. The number of esters is 2. The van der Waals surface area contributed by atoms with E-state index in [9.17, 15) is 14.7 Å². The Morgan fingerprint density at radius 1 is 1.00 bits per heavy atom. The minimum absolute atomic E-state index is 0.0525. The molecule has 2 aromatic rings. The first-order chi connectivity index (χ1) is 17.5. The highest BCUT2D eigenvalue weighted by atomic mass is 16.6. The van der Waals surface area contributed by atoms with Gasteiger partial charge in [0, 0.05) is 5.92 Å². The van der Waals surface area contributed by atoms with E-state index < -0.39 is 53.2 Å². The second-order valence-corrected chi connectivity index (χ2v) is 11.4. The molecule has 3 fully saturated rings. The van der Waals surface area contributed by atoms with Crippen molar-refractivity contribution in [1.29, 1.82) is 0 Å². The summed E-state index contributed by atoms with van der Waals surface area (Å²) in [6, 6.07) is 12.1. The number of hydrogen-bond donors (Lipinski definition) is 1. The average molecular weight is 513 g/mol. The Labute approximate surface area is 217 Å². The molecule has 2 aliphatic carbocycles. The van der Waals surface area contributed by atoms with E-state index in [1.165, 1.54) is 6.26 Å². The topological polar surface area (TPSA) is 104 Å². The Bertz CT molecular complexity index is 1130. The van der Waals surface area contributed by atoms with Gasteiger partial charge >= 0.3 is 11.9 Å². The van der Waals surface area contributed by atoms with Gasteiger partial charge in [-0.3, -0.25) is 0 Å². The average Bonchev–Trinajstić information content (AvgIpc) is 3.44.